The van der Waals surface area contributed by atoms with E-state index in [0.29, 0.717) is 22.4 Å². The number of H-pyrrole nitrogens is 1. The number of aromatic nitrogens is 2. The Labute approximate surface area is 153 Å². The van der Waals surface area contributed by atoms with Gasteiger partial charge in [0.05, 0.1) is 10.6 Å². The Morgan fingerprint density at radius 3 is 2.56 bits per heavy atom. The Morgan fingerprint density at radius 1 is 1.11 bits per heavy atom. The van der Waals surface area contributed by atoms with Gasteiger partial charge in [-0.2, -0.15) is 5.26 Å². The number of aromatic amines is 1. The first-order valence-corrected chi connectivity index (χ1v) is 8.10. The van der Waals surface area contributed by atoms with Gasteiger partial charge in [0.25, 0.3) is 5.69 Å². The van der Waals surface area contributed by atoms with Gasteiger partial charge in [-0.15, -0.1) is 0 Å². The monoisotopic (exact) mass is 355 g/mol. The Bertz CT molecular complexity index is 1220. The highest BCUT2D eigenvalue weighted by Crippen LogP contribution is 2.35. The molecule has 0 atom stereocenters. The van der Waals surface area contributed by atoms with E-state index in [4.69, 9.17) is 5.73 Å². The van der Waals surface area contributed by atoms with Crippen molar-refractivity contribution in [2.45, 2.75) is 0 Å². The van der Waals surface area contributed by atoms with E-state index in [1.165, 1.54) is 12.1 Å². The molecule has 0 aliphatic carbocycles. The molecule has 0 amide bonds. The smallest absolute Gasteiger partial charge is 0.269 e. The zero-order valence-electron chi connectivity index (χ0n) is 14.0. The molecule has 2 aromatic carbocycles. The number of nitrogens with one attached hydrogen (secondary N) is 1. The molecule has 0 radical (unpaired) electrons. The Kier molecular flexibility index (Phi) is 3.79. The quantitative estimate of drug-likeness (QED) is 0.420. The summed E-state index contributed by atoms with van der Waals surface area (Å²) in [4.78, 5) is 17.9. The van der Waals surface area contributed by atoms with Gasteiger partial charge in [-0.05, 0) is 24.3 Å². The number of rotatable bonds is 3. The molecule has 0 unspecified atom stereocenters. The van der Waals surface area contributed by atoms with E-state index in [-0.39, 0.29) is 11.5 Å². The first-order valence-electron chi connectivity index (χ1n) is 8.10. The summed E-state index contributed by atoms with van der Waals surface area (Å²) in [5.74, 6) is 0.119. The van der Waals surface area contributed by atoms with Gasteiger partial charge in [-0.3, -0.25) is 10.1 Å². The van der Waals surface area contributed by atoms with Crippen LogP contribution in [0.2, 0.25) is 0 Å². The van der Waals surface area contributed by atoms with E-state index >= 15 is 0 Å². The lowest BCUT2D eigenvalue weighted by atomic mass is 9.98. The summed E-state index contributed by atoms with van der Waals surface area (Å²) in [6.07, 6.45) is 1.83. The molecule has 4 rings (SSSR count). The van der Waals surface area contributed by atoms with Gasteiger partial charge in [0, 0.05) is 45.9 Å². The molecule has 0 spiro atoms. The number of hydrogen-bond donors (Lipinski definition) is 2. The summed E-state index contributed by atoms with van der Waals surface area (Å²) in [5.41, 5.74) is 10.0. The highest BCUT2D eigenvalue weighted by molar-refractivity contribution is 5.98. The lowest BCUT2D eigenvalue weighted by molar-refractivity contribution is -0.384. The molecule has 2 heterocycles. The standard InChI is InChI=1S/C20H13N5O2/c21-10-16-15(17-11-23-18-4-2-1-3-14(17)18)9-19(24-20(16)22)12-5-7-13(8-6-12)25(26)27/h1-9,11,23H,(H2,22,24). The lowest BCUT2D eigenvalue weighted by Gasteiger charge is -2.09. The Hall–Kier alpha value is -4.18. The summed E-state index contributed by atoms with van der Waals surface area (Å²) in [6.45, 7) is 0. The molecule has 4 aromatic rings. The normalized spacial score (nSPS) is 10.6. The SMILES string of the molecule is N#Cc1c(-c2c[nH]c3ccccc23)cc(-c2ccc([N+](=O)[O-])cc2)nc1N. The average molecular weight is 355 g/mol. The first kappa shape index (κ1) is 16.3. The number of nitrogens with two attached hydrogens (primary N) is 1. The van der Waals surface area contributed by atoms with Gasteiger partial charge in [-0.1, -0.05) is 18.2 Å². The van der Waals surface area contributed by atoms with Gasteiger partial charge >= 0.3 is 0 Å². The van der Waals surface area contributed by atoms with Crippen LogP contribution in [0.1, 0.15) is 5.56 Å². The molecular formula is C20H13N5O2. The number of non-ortho nitro benzene ring substituents is 1. The van der Waals surface area contributed by atoms with E-state index in [1.54, 1.807) is 18.2 Å². The molecule has 0 bridgehead atoms. The van der Waals surface area contributed by atoms with Gasteiger partial charge in [0.15, 0.2) is 0 Å². The van der Waals surface area contributed by atoms with E-state index in [0.717, 1.165) is 16.5 Å². The molecular weight excluding hydrogens is 342 g/mol. The van der Waals surface area contributed by atoms with Crippen molar-refractivity contribution in [3.8, 4) is 28.5 Å². The van der Waals surface area contributed by atoms with Crippen molar-refractivity contribution in [3.05, 3.63) is 76.5 Å². The number of nitro groups is 1. The second kappa shape index (κ2) is 6.28. The van der Waals surface area contributed by atoms with E-state index < -0.39 is 4.92 Å². The second-order valence-corrected chi connectivity index (χ2v) is 5.98. The average Bonchev–Trinajstić information content (AvgIpc) is 3.11. The number of benzene rings is 2. The second-order valence-electron chi connectivity index (χ2n) is 5.98. The zero-order chi connectivity index (χ0) is 19.0. The number of nitrogen functional groups attached to an aromatic ring is 1. The van der Waals surface area contributed by atoms with Crippen LogP contribution in [-0.2, 0) is 0 Å². The van der Waals surface area contributed by atoms with Crippen molar-refractivity contribution in [2.75, 3.05) is 5.73 Å². The molecule has 2 aromatic heterocycles. The Morgan fingerprint density at radius 2 is 1.85 bits per heavy atom. The molecule has 0 aliphatic rings. The maximum absolute atomic E-state index is 10.9. The topological polar surface area (TPSA) is 122 Å². The van der Waals surface area contributed by atoms with Crippen LogP contribution >= 0.6 is 0 Å². The van der Waals surface area contributed by atoms with E-state index in [2.05, 4.69) is 16.0 Å². The van der Waals surface area contributed by atoms with Crippen LogP contribution in [0, 0.1) is 21.4 Å². The van der Waals surface area contributed by atoms with Crippen molar-refractivity contribution in [1.82, 2.24) is 9.97 Å². The number of fused-ring (bicyclic) bond motifs is 1. The van der Waals surface area contributed by atoms with Gasteiger partial charge in [-0.25, -0.2) is 4.98 Å². The van der Waals surface area contributed by atoms with Crippen LogP contribution < -0.4 is 5.73 Å². The van der Waals surface area contributed by atoms with Crippen molar-refractivity contribution in [3.63, 3.8) is 0 Å². The third-order valence-corrected chi connectivity index (χ3v) is 4.41. The fraction of sp³-hybridized carbons (Fsp3) is 0. The van der Waals surface area contributed by atoms with Crippen LogP contribution in [0.25, 0.3) is 33.3 Å². The highest BCUT2D eigenvalue weighted by atomic mass is 16.6. The van der Waals surface area contributed by atoms with Crippen molar-refractivity contribution >= 4 is 22.4 Å². The largest absolute Gasteiger partial charge is 0.383 e. The van der Waals surface area contributed by atoms with Gasteiger partial charge in [0.1, 0.15) is 17.5 Å². The molecule has 0 saturated carbocycles. The van der Waals surface area contributed by atoms with Crippen LogP contribution in [0.5, 0.6) is 0 Å². The number of nitriles is 1. The zero-order valence-corrected chi connectivity index (χ0v) is 14.0. The predicted molar refractivity (Wildman–Crippen MR) is 103 cm³/mol. The number of nitro benzene ring substituents is 1. The van der Waals surface area contributed by atoms with Crippen LogP contribution in [0.4, 0.5) is 11.5 Å². The molecule has 130 valence electrons. The van der Waals surface area contributed by atoms with Crippen LogP contribution in [-0.4, -0.2) is 14.9 Å². The minimum absolute atomic E-state index is 0.00257. The molecule has 27 heavy (non-hydrogen) atoms. The maximum atomic E-state index is 10.9. The first-order chi connectivity index (χ1) is 13.1. The molecule has 3 N–H and O–H groups in total. The fourth-order valence-corrected chi connectivity index (χ4v) is 3.09. The summed E-state index contributed by atoms with van der Waals surface area (Å²) in [7, 11) is 0. The summed E-state index contributed by atoms with van der Waals surface area (Å²) in [6, 6.07) is 17.7. The minimum Gasteiger partial charge on any atom is -0.383 e. The fourth-order valence-electron chi connectivity index (χ4n) is 3.09. The molecule has 0 saturated heterocycles. The summed E-state index contributed by atoms with van der Waals surface area (Å²) >= 11 is 0. The minimum atomic E-state index is -0.457. The van der Waals surface area contributed by atoms with E-state index in [9.17, 15) is 15.4 Å². The van der Waals surface area contributed by atoms with Crippen molar-refractivity contribution in [1.29, 1.82) is 5.26 Å². The van der Waals surface area contributed by atoms with Gasteiger partial charge < -0.3 is 10.7 Å². The maximum Gasteiger partial charge on any atom is 0.269 e. The third-order valence-electron chi connectivity index (χ3n) is 4.41. The van der Waals surface area contributed by atoms with Gasteiger partial charge in [0.2, 0.25) is 0 Å². The van der Waals surface area contributed by atoms with Crippen LogP contribution in [0.15, 0.2) is 60.8 Å². The van der Waals surface area contributed by atoms with Crippen molar-refractivity contribution in [2.24, 2.45) is 0 Å². The molecule has 7 nitrogen and oxygen atoms in total. The number of pyridine rings is 1. The number of para-hydroxylation sites is 1. The van der Waals surface area contributed by atoms with Crippen LogP contribution in [0.3, 0.4) is 0 Å². The summed E-state index contributed by atoms with van der Waals surface area (Å²) < 4.78 is 0. The highest BCUT2D eigenvalue weighted by Gasteiger charge is 2.16. The number of nitrogens with zero attached hydrogens (tertiary/aromatic N) is 3. The van der Waals surface area contributed by atoms with E-state index in [1.807, 2.05) is 30.5 Å². The number of hydrogen-bond acceptors (Lipinski definition) is 5. The molecule has 7 heteroatoms. The lowest BCUT2D eigenvalue weighted by Crippen LogP contribution is -1.99. The predicted octanol–water partition coefficient (Wildman–Crippen LogP) is 4.26. The Balaban J connectivity index is 1.92. The molecule has 0 aliphatic heterocycles. The number of anilines is 1. The summed E-state index contributed by atoms with van der Waals surface area (Å²) in [5, 5.41) is 21.4. The molecule has 0 fully saturated rings. The third kappa shape index (κ3) is 2.75. The van der Waals surface area contributed by atoms with Crippen molar-refractivity contribution < 1.29 is 4.92 Å².